The van der Waals surface area contributed by atoms with E-state index in [1.807, 2.05) is 20.8 Å². The van der Waals surface area contributed by atoms with Crippen LogP contribution in [0.5, 0.6) is 0 Å². The SMILES string of the molecule is CC(C)(C)OC(=O)NCCC(=O)Nc1ccc(NC(=O)C(C)(C)C)cc1. The van der Waals surface area contributed by atoms with Crippen LogP contribution in [-0.2, 0) is 14.3 Å². The van der Waals surface area contributed by atoms with Crippen LogP contribution in [0.25, 0.3) is 0 Å². The average molecular weight is 363 g/mol. The van der Waals surface area contributed by atoms with Gasteiger partial charge in [-0.2, -0.15) is 0 Å². The van der Waals surface area contributed by atoms with Crippen molar-refractivity contribution in [3.8, 4) is 0 Å². The summed E-state index contributed by atoms with van der Waals surface area (Å²) in [5, 5.41) is 8.08. The van der Waals surface area contributed by atoms with Crippen LogP contribution in [-0.4, -0.2) is 30.1 Å². The van der Waals surface area contributed by atoms with E-state index < -0.39 is 17.1 Å². The molecule has 0 heterocycles. The molecule has 0 unspecified atom stereocenters. The van der Waals surface area contributed by atoms with E-state index in [4.69, 9.17) is 4.74 Å². The molecule has 0 bridgehead atoms. The van der Waals surface area contributed by atoms with E-state index >= 15 is 0 Å². The van der Waals surface area contributed by atoms with Crippen LogP contribution >= 0.6 is 0 Å². The highest BCUT2D eigenvalue weighted by Crippen LogP contribution is 2.19. The molecular formula is C19H29N3O4. The first-order chi connectivity index (χ1) is 11.9. The van der Waals surface area contributed by atoms with Gasteiger partial charge in [0.2, 0.25) is 11.8 Å². The van der Waals surface area contributed by atoms with Crippen molar-refractivity contribution >= 4 is 29.3 Å². The molecule has 7 nitrogen and oxygen atoms in total. The van der Waals surface area contributed by atoms with Gasteiger partial charge < -0.3 is 20.7 Å². The smallest absolute Gasteiger partial charge is 0.407 e. The van der Waals surface area contributed by atoms with Gasteiger partial charge >= 0.3 is 6.09 Å². The van der Waals surface area contributed by atoms with E-state index in [0.717, 1.165) is 0 Å². The predicted octanol–water partition coefficient (Wildman–Crippen LogP) is 3.52. The number of ether oxygens (including phenoxy) is 1. The summed E-state index contributed by atoms with van der Waals surface area (Å²) < 4.78 is 5.09. The van der Waals surface area contributed by atoms with Gasteiger partial charge in [0.05, 0.1) is 0 Å². The molecule has 0 atom stereocenters. The Balaban J connectivity index is 2.41. The van der Waals surface area contributed by atoms with Gasteiger partial charge in [0.25, 0.3) is 0 Å². The van der Waals surface area contributed by atoms with Gasteiger partial charge in [-0.05, 0) is 45.0 Å². The van der Waals surface area contributed by atoms with Crippen molar-refractivity contribution in [2.24, 2.45) is 5.41 Å². The summed E-state index contributed by atoms with van der Waals surface area (Å²) >= 11 is 0. The zero-order valence-electron chi connectivity index (χ0n) is 16.4. The van der Waals surface area contributed by atoms with Crippen molar-refractivity contribution in [1.82, 2.24) is 5.32 Å². The molecule has 144 valence electrons. The van der Waals surface area contributed by atoms with Gasteiger partial charge in [-0.25, -0.2) is 4.79 Å². The van der Waals surface area contributed by atoms with Crippen LogP contribution < -0.4 is 16.0 Å². The van der Waals surface area contributed by atoms with Crippen LogP contribution in [0.1, 0.15) is 48.0 Å². The standard InChI is InChI=1S/C19H29N3O4/c1-18(2,3)16(24)22-14-9-7-13(8-10-14)21-15(23)11-12-20-17(25)26-19(4,5)6/h7-10H,11-12H2,1-6H3,(H,20,25)(H,21,23)(H,22,24). The summed E-state index contributed by atoms with van der Waals surface area (Å²) in [6.45, 7) is 11.0. The van der Waals surface area contributed by atoms with Gasteiger partial charge in [-0.1, -0.05) is 20.8 Å². The number of carbonyl (C=O) groups excluding carboxylic acids is 3. The molecule has 1 rings (SSSR count). The fourth-order valence-electron chi connectivity index (χ4n) is 1.77. The first kappa shape index (κ1) is 21.5. The molecular weight excluding hydrogens is 334 g/mol. The fraction of sp³-hybridized carbons (Fsp3) is 0.526. The van der Waals surface area contributed by atoms with E-state index in [1.165, 1.54) is 0 Å². The molecule has 0 aromatic heterocycles. The topological polar surface area (TPSA) is 96.5 Å². The molecule has 0 fully saturated rings. The Labute approximate surface area is 154 Å². The molecule has 0 aliphatic rings. The Hall–Kier alpha value is -2.57. The molecule has 7 heteroatoms. The van der Waals surface area contributed by atoms with Gasteiger partial charge in [0.15, 0.2) is 0 Å². The number of benzene rings is 1. The average Bonchev–Trinajstić information content (AvgIpc) is 2.46. The number of alkyl carbamates (subject to hydrolysis) is 1. The number of rotatable bonds is 5. The van der Waals surface area contributed by atoms with E-state index in [9.17, 15) is 14.4 Å². The Morgan fingerprint density at radius 1 is 0.885 bits per heavy atom. The summed E-state index contributed by atoms with van der Waals surface area (Å²) in [5.74, 6) is -0.310. The summed E-state index contributed by atoms with van der Waals surface area (Å²) in [6, 6.07) is 6.85. The lowest BCUT2D eigenvalue weighted by atomic mass is 9.95. The van der Waals surface area contributed by atoms with Gasteiger partial charge in [-0.3, -0.25) is 9.59 Å². The number of nitrogens with one attached hydrogen (secondary N) is 3. The Kier molecular flexibility index (Phi) is 7.18. The number of carbonyl (C=O) groups is 3. The lowest BCUT2D eigenvalue weighted by Crippen LogP contribution is -2.34. The van der Waals surface area contributed by atoms with Crippen LogP contribution in [0.4, 0.5) is 16.2 Å². The van der Waals surface area contributed by atoms with Crippen LogP contribution in [0, 0.1) is 5.41 Å². The van der Waals surface area contributed by atoms with E-state index in [-0.39, 0.29) is 24.8 Å². The number of anilines is 2. The van der Waals surface area contributed by atoms with Crippen molar-refractivity contribution in [3.05, 3.63) is 24.3 Å². The van der Waals surface area contributed by atoms with Crippen molar-refractivity contribution in [3.63, 3.8) is 0 Å². The lowest BCUT2D eigenvalue weighted by molar-refractivity contribution is -0.123. The second kappa shape index (κ2) is 8.69. The maximum absolute atomic E-state index is 11.9. The molecule has 0 aliphatic heterocycles. The van der Waals surface area contributed by atoms with Gasteiger partial charge in [0, 0.05) is 29.8 Å². The largest absolute Gasteiger partial charge is 0.444 e. The van der Waals surface area contributed by atoms with Crippen LogP contribution in [0.15, 0.2) is 24.3 Å². The highest BCUT2D eigenvalue weighted by molar-refractivity contribution is 5.95. The third-order valence-electron chi connectivity index (χ3n) is 3.13. The van der Waals surface area contributed by atoms with Crippen LogP contribution in [0.2, 0.25) is 0 Å². The fourth-order valence-corrected chi connectivity index (χ4v) is 1.77. The molecule has 26 heavy (non-hydrogen) atoms. The molecule has 0 saturated heterocycles. The van der Waals surface area contributed by atoms with Crippen LogP contribution in [0.3, 0.4) is 0 Å². The number of hydrogen-bond acceptors (Lipinski definition) is 4. The summed E-state index contributed by atoms with van der Waals surface area (Å²) in [5.41, 5.74) is 0.223. The molecule has 1 aromatic rings. The third kappa shape index (κ3) is 8.50. The van der Waals surface area contributed by atoms with Gasteiger partial charge in [-0.15, -0.1) is 0 Å². The van der Waals surface area contributed by atoms with Gasteiger partial charge in [0.1, 0.15) is 5.60 Å². The van der Waals surface area contributed by atoms with Crippen molar-refractivity contribution < 1.29 is 19.1 Å². The molecule has 0 saturated carbocycles. The third-order valence-corrected chi connectivity index (χ3v) is 3.13. The first-order valence-electron chi connectivity index (χ1n) is 8.55. The Morgan fingerprint density at radius 2 is 1.38 bits per heavy atom. The zero-order valence-corrected chi connectivity index (χ0v) is 16.4. The van der Waals surface area contributed by atoms with Crippen molar-refractivity contribution in [2.75, 3.05) is 17.2 Å². The molecule has 0 radical (unpaired) electrons. The minimum atomic E-state index is -0.573. The molecule has 0 aliphatic carbocycles. The number of hydrogen-bond donors (Lipinski definition) is 3. The predicted molar refractivity (Wildman–Crippen MR) is 102 cm³/mol. The van der Waals surface area contributed by atoms with E-state index in [0.29, 0.717) is 11.4 Å². The maximum atomic E-state index is 11.9. The number of amides is 3. The molecule has 3 N–H and O–H groups in total. The normalized spacial score (nSPS) is 11.5. The minimum absolute atomic E-state index is 0.0810. The summed E-state index contributed by atoms with van der Waals surface area (Å²) in [7, 11) is 0. The summed E-state index contributed by atoms with van der Waals surface area (Å²) in [6.07, 6.45) is -0.425. The van der Waals surface area contributed by atoms with Crippen molar-refractivity contribution in [2.45, 2.75) is 53.6 Å². The minimum Gasteiger partial charge on any atom is -0.444 e. The Bertz CT molecular complexity index is 640. The highest BCUT2D eigenvalue weighted by atomic mass is 16.6. The second-order valence-corrected chi connectivity index (χ2v) is 8.01. The molecule has 0 spiro atoms. The zero-order chi connectivity index (χ0) is 20.0. The monoisotopic (exact) mass is 363 g/mol. The maximum Gasteiger partial charge on any atom is 0.407 e. The molecule has 3 amide bonds. The van der Waals surface area contributed by atoms with E-state index in [1.54, 1.807) is 45.0 Å². The quantitative estimate of drug-likeness (QED) is 0.745. The molecule has 1 aromatic carbocycles. The summed E-state index contributed by atoms with van der Waals surface area (Å²) in [4.78, 5) is 35.3. The van der Waals surface area contributed by atoms with Crippen molar-refractivity contribution in [1.29, 1.82) is 0 Å². The highest BCUT2D eigenvalue weighted by Gasteiger charge is 2.21. The lowest BCUT2D eigenvalue weighted by Gasteiger charge is -2.19. The first-order valence-corrected chi connectivity index (χ1v) is 8.55. The Morgan fingerprint density at radius 3 is 1.85 bits per heavy atom. The van der Waals surface area contributed by atoms with E-state index in [2.05, 4.69) is 16.0 Å². The second-order valence-electron chi connectivity index (χ2n) is 8.01.